The molecule has 5 heteroatoms. The number of aliphatic hydroxyl groups is 1. The zero-order chi connectivity index (χ0) is 13.8. The molecule has 0 aromatic heterocycles. The van der Waals surface area contributed by atoms with Gasteiger partial charge in [0.1, 0.15) is 0 Å². The van der Waals surface area contributed by atoms with Crippen LogP contribution in [0.25, 0.3) is 0 Å². The first-order chi connectivity index (χ1) is 8.36. The van der Waals surface area contributed by atoms with Crippen LogP contribution in [0.3, 0.4) is 0 Å². The van der Waals surface area contributed by atoms with Crippen molar-refractivity contribution in [1.29, 1.82) is 0 Å². The van der Waals surface area contributed by atoms with Crippen molar-refractivity contribution in [2.75, 3.05) is 5.32 Å². The molecule has 0 spiro atoms. The van der Waals surface area contributed by atoms with Crippen LogP contribution in [0.4, 0.5) is 5.69 Å². The molecule has 3 N–H and O–H groups in total. The Balaban J connectivity index is 2.74. The first kappa shape index (κ1) is 14.2. The number of nitrogens with one attached hydrogen (secondary N) is 1. The summed E-state index contributed by atoms with van der Waals surface area (Å²) in [6, 6.07) is 6.84. The SMILES string of the molecule is CC(C)(CC(=O)Nc1ccccc1CO)C(=O)O. The number of carboxylic acids is 1. The second-order valence-electron chi connectivity index (χ2n) is 4.73. The van der Waals surface area contributed by atoms with Gasteiger partial charge in [-0.25, -0.2) is 0 Å². The van der Waals surface area contributed by atoms with Crippen LogP contribution in [0.5, 0.6) is 0 Å². The van der Waals surface area contributed by atoms with Crippen molar-refractivity contribution < 1.29 is 19.8 Å². The largest absolute Gasteiger partial charge is 0.481 e. The Labute approximate surface area is 105 Å². The highest BCUT2D eigenvalue weighted by Gasteiger charge is 2.30. The van der Waals surface area contributed by atoms with E-state index in [1.54, 1.807) is 24.3 Å². The van der Waals surface area contributed by atoms with Crippen molar-refractivity contribution in [3.8, 4) is 0 Å². The van der Waals surface area contributed by atoms with Crippen LogP contribution in [0.15, 0.2) is 24.3 Å². The predicted octanol–water partition coefficient (Wildman–Crippen LogP) is 1.62. The van der Waals surface area contributed by atoms with Crippen LogP contribution in [0.2, 0.25) is 0 Å². The van der Waals surface area contributed by atoms with E-state index in [2.05, 4.69) is 5.32 Å². The molecule has 0 bridgehead atoms. The van der Waals surface area contributed by atoms with Gasteiger partial charge in [-0.1, -0.05) is 18.2 Å². The maximum absolute atomic E-state index is 11.7. The van der Waals surface area contributed by atoms with Crippen molar-refractivity contribution in [2.24, 2.45) is 5.41 Å². The zero-order valence-corrected chi connectivity index (χ0v) is 10.4. The molecule has 5 nitrogen and oxygen atoms in total. The highest BCUT2D eigenvalue weighted by Crippen LogP contribution is 2.22. The standard InChI is InChI=1S/C13H17NO4/c1-13(2,12(17)18)7-11(16)14-10-6-4-3-5-9(10)8-15/h3-6,15H,7-8H2,1-2H3,(H,14,16)(H,17,18). The molecule has 0 radical (unpaired) electrons. The number of carbonyl (C=O) groups excluding carboxylic acids is 1. The highest BCUT2D eigenvalue weighted by molar-refractivity contribution is 5.94. The van der Waals surface area contributed by atoms with Crippen molar-refractivity contribution in [3.63, 3.8) is 0 Å². The van der Waals surface area contributed by atoms with Gasteiger partial charge < -0.3 is 15.5 Å². The monoisotopic (exact) mass is 251 g/mol. The topological polar surface area (TPSA) is 86.6 Å². The van der Waals surface area contributed by atoms with E-state index in [1.807, 2.05) is 0 Å². The van der Waals surface area contributed by atoms with E-state index in [1.165, 1.54) is 13.8 Å². The summed E-state index contributed by atoms with van der Waals surface area (Å²) in [5.41, 5.74) is -0.0108. The number of aliphatic hydroxyl groups excluding tert-OH is 1. The van der Waals surface area contributed by atoms with Crippen LogP contribution >= 0.6 is 0 Å². The summed E-state index contributed by atoms with van der Waals surface area (Å²) in [5, 5.41) is 20.7. The molecule has 0 aliphatic carbocycles. The number of amides is 1. The van der Waals surface area contributed by atoms with Crippen molar-refractivity contribution >= 4 is 17.6 Å². The van der Waals surface area contributed by atoms with Crippen LogP contribution in [-0.2, 0) is 16.2 Å². The van der Waals surface area contributed by atoms with Gasteiger partial charge in [0.15, 0.2) is 0 Å². The van der Waals surface area contributed by atoms with Gasteiger partial charge in [0.2, 0.25) is 5.91 Å². The first-order valence-corrected chi connectivity index (χ1v) is 5.59. The molecule has 1 amide bonds. The molecule has 18 heavy (non-hydrogen) atoms. The minimum atomic E-state index is -1.11. The summed E-state index contributed by atoms with van der Waals surface area (Å²) in [4.78, 5) is 22.7. The van der Waals surface area contributed by atoms with Crippen molar-refractivity contribution in [1.82, 2.24) is 0 Å². The number of hydrogen-bond donors (Lipinski definition) is 3. The maximum atomic E-state index is 11.7. The van der Waals surface area contributed by atoms with Crippen LogP contribution < -0.4 is 5.32 Å². The normalized spacial score (nSPS) is 11.1. The number of benzene rings is 1. The lowest BCUT2D eigenvalue weighted by atomic mass is 9.89. The summed E-state index contributed by atoms with van der Waals surface area (Å²) in [5.74, 6) is -1.41. The van der Waals surface area contributed by atoms with E-state index in [0.29, 0.717) is 11.3 Å². The fraction of sp³-hybridized carbons (Fsp3) is 0.385. The molecule has 1 rings (SSSR count). The summed E-state index contributed by atoms with van der Waals surface area (Å²) < 4.78 is 0. The quantitative estimate of drug-likeness (QED) is 0.742. The van der Waals surface area contributed by atoms with E-state index in [-0.39, 0.29) is 18.9 Å². The fourth-order valence-electron chi connectivity index (χ4n) is 1.45. The Morgan fingerprint density at radius 1 is 1.28 bits per heavy atom. The molecule has 1 aromatic carbocycles. The number of anilines is 1. The van der Waals surface area contributed by atoms with Gasteiger partial charge in [0.05, 0.1) is 12.0 Å². The fourth-order valence-corrected chi connectivity index (χ4v) is 1.45. The molecule has 0 aliphatic rings. The molecule has 0 saturated carbocycles. The molecular formula is C13H17NO4. The predicted molar refractivity (Wildman–Crippen MR) is 67.0 cm³/mol. The molecule has 0 saturated heterocycles. The third-order valence-electron chi connectivity index (χ3n) is 2.64. The van der Waals surface area contributed by atoms with Crippen LogP contribution in [-0.4, -0.2) is 22.1 Å². The highest BCUT2D eigenvalue weighted by atomic mass is 16.4. The van der Waals surface area contributed by atoms with Gasteiger partial charge in [-0.3, -0.25) is 9.59 Å². The summed E-state index contributed by atoms with van der Waals surface area (Å²) >= 11 is 0. The number of rotatable bonds is 5. The lowest BCUT2D eigenvalue weighted by Crippen LogP contribution is -2.29. The van der Waals surface area contributed by atoms with Gasteiger partial charge in [-0.2, -0.15) is 0 Å². The summed E-state index contributed by atoms with van der Waals surface area (Å²) in [7, 11) is 0. The second kappa shape index (κ2) is 5.64. The Morgan fingerprint density at radius 3 is 2.44 bits per heavy atom. The van der Waals surface area contributed by atoms with Gasteiger partial charge in [-0.05, 0) is 19.9 Å². The van der Waals surface area contributed by atoms with E-state index < -0.39 is 11.4 Å². The zero-order valence-electron chi connectivity index (χ0n) is 10.4. The molecule has 0 aliphatic heterocycles. The van der Waals surface area contributed by atoms with Gasteiger partial charge in [0, 0.05) is 17.7 Å². The van der Waals surface area contributed by atoms with Crippen LogP contribution in [0.1, 0.15) is 25.8 Å². The van der Waals surface area contributed by atoms with E-state index in [0.717, 1.165) is 0 Å². The lowest BCUT2D eigenvalue weighted by molar-refractivity contribution is -0.148. The van der Waals surface area contributed by atoms with E-state index in [4.69, 9.17) is 10.2 Å². The molecule has 0 atom stereocenters. The molecule has 98 valence electrons. The van der Waals surface area contributed by atoms with Gasteiger partial charge >= 0.3 is 5.97 Å². The smallest absolute Gasteiger partial charge is 0.309 e. The lowest BCUT2D eigenvalue weighted by Gasteiger charge is -2.18. The number of carboxylic acid groups (broad SMARTS) is 1. The molecule has 0 unspecified atom stereocenters. The Morgan fingerprint density at radius 2 is 1.89 bits per heavy atom. The number of carbonyl (C=O) groups is 2. The minimum absolute atomic E-state index is 0.123. The van der Waals surface area contributed by atoms with Gasteiger partial charge in [-0.15, -0.1) is 0 Å². The Bertz CT molecular complexity index is 454. The summed E-state index contributed by atoms with van der Waals surface area (Å²) in [6.07, 6.45) is -0.123. The average molecular weight is 251 g/mol. The van der Waals surface area contributed by atoms with E-state index in [9.17, 15) is 9.59 Å². The third-order valence-corrected chi connectivity index (χ3v) is 2.64. The molecular weight excluding hydrogens is 234 g/mol. The van der Waals surface area contributed by atoms with Crippen LogP contribution in [0, 0.1) is 5.41 Å². The van der Waals surface area contributed by atoms with Crippen molar-refractivity contribution in [3.05, 3.63) is 29.8 Å². The second-order valence-corrected chi connectivity index (χ2v) is 4.73. The van der Waals surface area contributed by atoms with E-state index >= 15 is 0 Å². The molecule has 1 aromatic rings. The summed E-state index contributed by atoms with van der Waals surface area (Å²) in [6.45, 7) is 2.80. The number of aliphatic carboxylic acids is 1. The van der Waals surface area contributed by atoms with Gasteiger partial charge in [0.25, 0.3) is 0 Å². The Hall–Kier alpha value is -1.88. The minimum Gasteiger partial charge on any atom is -0.481 e. The average Bonchev–Trinajstić information content (AvgIpc) is 2.28. The first-order valence-electron chi connectivity index (χ1n) is 5.59. The Kier molecular flexibility index (Phi) is 4.44. The number of para-hydroxylation sites is 1. The number of hydrogen-bond acceptors (Lipinski definition) is 3. The molecule has 0 fully saturated rings. The third kappa shape index (κ3) is 3.56. The maximum Gasteiger partial charge on any atom is 0.309 e. The molecule has 0 heterocycles. The van der Waals surface area contributed by atoms with Crippen molar-refractivity contribution in [2.45, 2.75) is 26.9 Å².